The fraction of sp³-hybridized carbons (Fsp3) is 0.235. The fourth-order valence-corrected chi connectivity index (χ4v) is 2.68. The maximum atomic E-state index is 10.8. The Balaban J connectivity index is 2.23. The van der Waals surface area contributed by atoms with Gasteiger partial charge in [-0.3, -0.25) is 10.1 Å². The predicted molar refractivity (Wildman–Crippen MR) is 94.2 cm³/mol. The van der Waals surface area contributed by atoms with Gasteiger partial charge >= 0.3 is 0 Å². The van der Waals surface area contributed by atoms with Gasteiger partial charge in [0.2, 0.25) is 0 Å². The van der Waals surface area contributed by atoms with Gasteiger partial charge in [0.15, 0.2) is 0 Å². The van der Waals surface area contributed by atoms with E-state index in [1.807, 2.05) is 49.3 Å². The lowest BCUT2D eigenvalue weighted by atomic mass is 10.1. The fourth-order valence-electron chi connectivity index (χ4n) is 2.42. The molecule has 0 saturated carbocycles. The highest BCUT2D eigenvalue weighted by atomic mass is 35.5. The summed E-state index contributed by atoms with van der Waals surface area (Å²) in [6, 6.07) is 13.8. The third kappa shape index (κ3) is 4.02. The van der Waals surface area contributed by atoms with Gasteiger partial charge in [-0.1, -0.05) is 29.8 Å². The first-order valence-corrected chi connectivity index (χ1v) is 7.65. The van der Waals surface area contributed by atoms with E-state index in [2.05, 4.69) is 5.32 Å². The van der Waals surface area contributed by atoms with Crippen LogP contribution in [-0.2, 0) is 0 Å². The Morgan fingerprint density at radius 1 is 1.33 bits per heavy atom. The highest BCUT2D eigenvalue weighted by Crippen LogP contribution is 2.27. The van der Waals surface area contributed by atoms with Crippen molar-refractivity contribution in [3.63, 3.8) is 0 Å². The number of nitro groups is 1. The van der Waals surface area contributed by atoms with Crippen LogP contribution in [0.4, 0.5) is 11.4 Å². The van der Waals surface area contributed by atoms with Crippen molar-refractivity contribution in [2.24, 2.45) is 0 Å². The summed E-state index contributed by atoms with van der Waals surface area (Å²) in [5.41, 5.74) is 1.66. The molecule has 124 valence electrons. The third-order valence-corrected chi connectivity index (χ3v) is 4.05. The molecule has 0 aliphatic rings. The number of benzene rings is 2. The van der Waals surface area contributed by atoms with E-state index < -0.39 is 4.92 Å². The van der Waals surface area contributed by atoms with Gasteiger partial charge < -0.3 is 10.2 Å². The Hall–Kier alpha value is -2.62. The number of anilines is 1. The summed E-state index contributed by atoms with van der Waals surface area (Å²) in [7, 11) is 3.88. The van der Waals surface area contributed by atoms with Crippen molar-refractivity contribution in [1.82, 2.24) is 4.90 Å². The van der Waals surface area contributed by atoms with Crippen LogP contribution in [0.25, 0.3) is 0 Å². The average molecular weight is 345 g/mol. The van der Waals surface area contributed by atoms with Gasteiger partial charge in [0.05, 0.1) is 22.2 Å². The van der Waals surface area contributed by atoms with Crippen molar-refractivity contribution < 1.29 is 4.92 Å². The van der Waals surface area contributed by atoms with Gasteiger partial charge in [-0.2, -0.15) is 5.26 Å². The monoisotopic (exact) mass is 344 g/mol. The van der Waals surface area contributed by atoms with Crippen LogP contribution in [0.5, 0.6) is 0 Å². The molecule has 7 heteroatoms. The predicted octanol–water partition coefficient (Wildman–Crippen LogP) is 3.83. The van der Waals surface area contributed by atoms with Crippen molar-refractivity contribution in [2.45, 2.75) is 6.04 Å². The minimum Gasteiger partial charge on any atom is -0.382 e. The lowest BCUT2D eigenvalue weighted by Crippen LogP contribution is -2.27. The van der Waals surface area contributed by atoms with E-state index in [-0.39, 0.29) is 17.3 Å². The van der Waals surface area contributed by atoms with Crippen LogP contribution < -0.4 is 5.32 Å². The number of likely N-dealkylation sites (N-methyl/N-ethyl adjacent to an activating group) is 1. The van der Waals surface area contributed by atoms with Gasteiger partial charge in [0.25, 0.3) is 5.69 Å². The smallest absolute Gasteiger partial charge is 0.270 e. The van der Waals surface area contributed by atoms with E-state index in [4.69, 9.17) is 11.6 Å². The van der Waals surface area contributed by atoms with Crippen LogP contribution in [0.1, 0.15) is 17.2 Å². The van der Waals surface area contributed by atoms with Crippen molar-refractivity contribution in [3.05, 3.63) is 68.7 Å². The first-order chi connectivity index (χ1) is 11.4. The second-order valence-corrected chi connectivity index (χ2v) is 5.89. The summed E-state index contributed by atoms with van der Waals surface area (Å²) in [6.45, 7) is 0.503. The van der Waals surface area contributed by atoms with Crippen molar-refractivity contribution in [2.75, 3.05) is 26.0 Å². The largest absolute Gasteiger partial charge is 0.382 e. The number of hydrogen-bond donors (Lipinski definition) is 1. The topological polar surface area (TPSA) is 82.2 Å². The van der Waals surface area contributed by atoms with E-state index in [9.17, 15) is 15.4 Å². The van der Waals surface area contributed by atoms with E-state index >= 15 is 0 Å². The van der Waals surface area contributed by atoms with E-state index in [1.165, 1.54) is 12.1 Å². The number of nitriles is 1. The number of nitro benzene ring substituents is 1. The zero-order chi connectivity index (χ0) is 17.7. The van der Waals surface area contributed by atoms with Crippen molar-refractivity contribution >= 4 is 23.0 Å². The molecule has 2 rings (SSSR count). The van der Waals surface area contributed by atoms with Crippen LogP contribution in [-0.4, -0.2) is 30.5 Å². The Morgan fingerprint density at radius 3 is 2.62 bits per heavy atom. The molecular weight excluding hydrogens is 328 g/mol. The Morgan fingerprint density at radius 2 is 2.04 bits per heavy atom. The molecule has 1 N–H and O–H groups in total. The SMILES string of the molecule is CN(C)[C@@H](CNc1ccc([N+](=O)[O-])cc1C#N)c1ccccc1Cl. The molecule has 0 aliphatic carbocycles. The minimum atomic E-state index is -0.517. The first kappa shape index (κ1) is 17.7. The van der Waals surface area contributed by atoms with Gasteiger partial charge in [0, 0.05) is 23.7 Å². The lowest BCUT2D eigenvalue weighted by Gasteiger charge is -2.26. The molecule has 0 radical (unpaired) electrons. The summed E-state index contributed by atoms with van der Waals surface area (Å²) in [4.78, 5) is 12.3. The van der Waals surface area contributed by atoms with Crippen molar-refractivity contribution in [1.29, 1.82) is 5.26 Å². The quantitative estimate of drug-likeness (QED) is 0.636. The molecule has 6 nitrogen and oxygen atoms in total. The second-order valence-electron chi connectivity index (χ2n) is 5.48. The zero-order valence-corrected chi connectivity index (χ0v) is 14.1. The summed E-state index contributed by atoms with van der Waals surface area (Å²) in [5, 5.41) is 23.9. The Labute approximate surface area is 145 Å². The second kappa shape index (κ2) is 7.77. The highest BCUT2D eigenvalue weighted by Gasteiger charge is 2.18. The highest BCUT2D eigenvalue weighted by molar-refractivity contribution is 6.31. The minimum absolute atomic E-state index is 0.0135. The first-order valence-electron chi connectivity index (χ1n) is 7.27. The number of non-ortho nitro benzene ring substituents is 1. The molecule has 0 amide bonds. The third-order valence-electron chi connectivity index (χ3n) is 3.71. The van der Waals surface area contributed by atoms with Crippen LogP contribution in [0.3, 0.4) is 0 Å². The van der Waals surface area contributed by atoms with Crippen LogP contribution in [0.15, 0.2) is 42.5 Å². The average Bonchev–Trinajstić information content (AvgIpc) is 2.56. The molecule has 0 aromatic heterocycles. The number of hydrogen-bond acceptors (Lipinski definition) is 5. The summed E-state index contributed by atoms with van der Waals surface area (Å²) >= 11 is 6.28. The molecule has 1 atom stereocenters. The van der Waals surface area contributed by atoms with E-state index in [0.717, 1.165) is 5.56 Å². The maximum absolute atomic E-state index is 10.8. The number of nitrogens with zero attached hydrogens (tertiary/aromatic N) is 3. The maximum Gasteiger partial charge on any atom is 0.270 e. The molecule has 0 heterocycles. The standard InChI is InChI=1S/C17H17ClN4O2/c1-21(2)17(14-5-3-4-6-15(14)18)11-20-16-8-7-13(22(23)24)9-12(16)10-19/h3-9,17,20H,11H2,1-2H3/t17-/m0/s1. The molecule has 24 heavy (non-hydrogen) atoms. The molecular formula is C17H17ClN4O2. The van der Waals surface area contributed by atoms with Gasteiger partial charge in [-0.05, 0) is 31.8 Å². The van der Waals surface area contributed by atoms with Crippen molar-refractivity contribution in [3.8, 4) is 6.07 Å². The van der Waals surface area contributed by atoms with Crippen LogP contribution >= 0.6 is 11.6 Å². The number of rotatable bonds is 6. The summed E-state index contributed by atoms with van der Waals surface area (Å²) in [5.74, 6) is 0. The zero-order valence-electron chi connectivity index (χ0n) is 13.4. The van der Waals surface area contributed by atoms with E-state index in [1.54, 1.807) is 6.07 Å². The molecule has 0 saturated heterocycles. The van der Waals surface area contributed by atoms with Gasteiger partial charge in [0.1, 0.15) is 6.07 Å². The molecule has 0 unspecified atom stereocenters. The van der Waals surface area contributed by atoms with Crippen LogP contribution in [0.2, 0.25) is 5.02 Å². The molecule has 0 aliphatic heterocycles. The molecule has 0 spiro atoms. The molecule has 0 bridgehead atoms. The van der Waals surface area contributed by atoms with E-state index in [0.29, 0.717) is 17.3 Å². The summed E-state index contributed by atoms with van der Waals surface area (Å²) in [6.07, 6.45) is 0. The number of halogens is 1. The Bertz CT molecular complexity index is 786. The molecule has 2 aromatic carbocycles. The normalized spacial score (nSPS) is 11.8. The number of nitrogens with one attached hydrogen (secondary N) is 1. The Kier molecular flexibility index (Phi) is 5.74. The molecule has 2 aromatic rings. The summed E-state index contributed by atoms with van der Waals surface area (Å²) < 4.78 is 0. The van der Waals surface area contributed by atoms with Gasteiger partial charge in [-0.25, -0.2) is 0 Å². The molecule has 0 fully saturated rings. The van der Waals surface area contributed by atoms with Crippen LogP contribution in [0, 0.1) is 21.4 Å². The lowest BCUT2D eigenvalue weighted by molar-refractivity contribution is -0.384. The van der Waals surface area contributed by atoms with Gasteiger partial charge in [-0.15, -0.1) is 0 Å².